The Bertz CT molecular complexity index is 1300. The van der Waals surface area contributed by atoms with Crippen molar-refractivity contribution in [2.75, 3.05) is 13.2 Å². The molecule has 0 amide bonds. The molecule has 0 aliphatic rings. The molecule has 6 heteroatoms. The quantitative estimate of drug-likeness (QED) is 0.0261. The third kappa shape index (κ3) is 62.1. The van der Waals surface area contributed by atoms with E-state index in [4.69, 9.17) is 14.2 Å². The van der Waals surface area contributed by atoms with Gasteiger partial charge in [-0.25, -0.2) is 0 Å². The molecule has 0 aliphatic heterocycles. The minimum absolute atomic E-state index is 0.0740. The zero-order valence-electron chi connectivity index (χ0n) is 50.3. The molecule has 1 atom stereocenters. The van der Waals surface area contributed by atoms with Crippen LogP contribution in [0, 0.1) is 0 Å². The normalized spacial score (nSPS) is 12.3. The minimum atomic E-state index is -0.777. The van der Waals surface area contributed by atoms with Crippen molar-refractivity contribution in [3.63, 3.8) is 0 Å². The molecule has 0 N–H and O–H groups in total. The maximum atomic E-state index is 12.9. The smallest absolute Gasteiger partial charge is 0.306 e. The van der Waals surface area contributed by atoms with Crippen LogP contribution in [0.25, 0.3) is 0 Å². The predicted octanol–water partition coefficient (Wildman–Crippen LogP) is 22.6. The van der Waals surface area contributed by atoms with Gasteiger partial charge in [-0.3, -0.25) is 14.4 Å². The summed E-state index contributed by atoms with van der Waals surface area (Å²) in [4.78, 5) is 38.3. The van der Waals surface area contributed by atoms with E-state index in [-0.39, 0.29) is 31.1 Å². The van der Waals surface area contributed by atoms with Gasteiger partial charge in [0, 0.05) is 19.3 Å². The number of carbonyl (C=O) groups excluding carboxylic acids is 3. The third-order valence-corrected chi connectivity index (χ3v) is 14.8. The number of hydrogen-bond acceptors (Lipinski definition) is 6. The largest absolute Gasteiger partial charge is 0.462 e. The monoisotopic (exact) mass is 1050 g/mol. The molecule has 0 spiro atoms. The molecule has 75 heavy (non-hydrogen) atoms. The average Bonchev–Trinajstić information content (AvgIpc) is 3.41. The van der Waals surface area contributed by atoms with E-state index in [0.29, 0.717) is 19.3 Å². The molecular formula is C69H126O6. The van der Waals surface area contributed by atoms with Crippen LogP contribution in [0.1, 0.15) is 355 Å². The van der Waals surface area contributed by atoms with E-state index >= 15 is 0 Å². The first-order chi connectivity index (χ1) is 37.0. The zero-order valence-corrected chi connectivity index (χ0v) is 50.3. The molecule has 0 fully saturated rings. The van der Waals surface area contributed by atoms with E-state index in [2.05, 4.69) is 69.4 Å². The fourth-order valence-electron chi connectivity index (χ4n) is 9.80. The highest BCUT2D eigenvalue weighted by Crippen LogP contribution is 2.17. The molecule has 0 rings (SSSR count). The minimum Gasteiger partial charge on any atom is -0.462 e. The van der Waals surface area contributed by atoms with Gasteiger partial charge in [-0.05, 0) is 83.5 Å². The molecule has 1 unspecified atom stereocenters. The van der Waals surface area contributed by atoms with Gasteiger partial charge in [0.25, 0.3) is 0 Å². The highest BCUT2D eigenvalue weighted by atomic mass is 16.6. The zero-order chi connectivity index (χ0) is 54.3. The Kier molecular flexibility index (Phi) is 61.7. The SMILES string of the molecule is CCCCCCC/C=C\C/C=C\C/C=C\CCCCCCCCCCCCC(=O)OCC(COC(=O)CCCCCCC/C=C\CCCCCCCC)OC(=O)CCCCCCCCCCCCCCCCCCC. The van der Waals surface area contributed by atoms with Gasteiger partial charge in [0.05, 0.1) is 0 Å². The molecule has 0 saturated carbocycles. The third-order valence-electron chi connectivity index (χ3n) is 14.8. The molecule has 6 nitrogen and oxygen atoms in total. The second-order valence-electron chi connectivity index (χ2n) is 22.4. The number of unbranched alkanes of at least 4 members (excludes halogenated alkanes) is 42. The molecule has 0 aliphatic carbocycles. The number of allylic oxidation sites excluding steroid dienone is 8. The fraction of sp³-hybridized carbons (Fsp3) is 0.841. The Morgan fingerprint density at radius 3 is 0.760 bits per heavy atom. The van der Waals surface area contributed by atoms with Crippen LogP contribution in [0.5, 0.6) is 0 Å². The number of rotatable bonds is 61. The highest BCUT2D eigenvalue weighted by Gasteiger charge is 2.19. The fourth-order valence-corrected chi connectivity index (χ4v) is 9.80. The molecule has 0 saturated heterocycles. The van der Waals surface area contributed by atoms with Gasteiger partial charge < -0.3 is 14.2 Å². The summed E-state index contributed by atoms with van der Waals surface area (Å²) in [6.45, 7) is 6.67. The second-order valence-corrected chi connectivity index (χ2v) is 22.4. The number of ether oxygens (including phenoxy) is 3. The van der Waals surface area contributed by atoms with Crippen molar-refractivity contribution in [2.24, 2.45) is 0 Å². The summed E-state index contributed by atoms with van der Waals surface area (Å²) in [7, 11) is 0. The molecule has 0 bridgehead atoms. The van der Waals surface area contributed by atoms with E-state index < -0.39 is 6.10 Å². The summed E-state index contributed by atoms with van der Waals surface area (Å²) in [5, 5.41) is 0. The van der Waals surface area contributed by atoms with Gasteiger partial charge in [0.2, 0.25) is 0 Å². The molecule has 0 heterocycles. The van der Waals surface area contributed by atoms with Gasteiger partial charge in [-0.1, -0.05) is 301 Å². The molecule has 0 aromatic heterocycles. The van der Waals surface area contributed by atoms with Crippen LogP contribution in [0.4, 0.5) is 0 Å². The van der Waals surface area contributed by atoms with Crippen molar-refractivity contribution in [1.29, 1.82) is 0 Å². The van der Waals surface area contributed by atoms with Crippen LogP contribution in [0.2, 0.25) is 0 Å². The van der Waals surface area contributed by atoms with Crippen LogP contribution in [-0.2, 0) is 28.6 Å². The number of esters is 3. The highest BCUT2D eigenvalue weighted by molar-refractivity contribution is 5.71. The Hall–Kier alpha value is -2.63. The van der Waals surface area contributed by atoms with E-state index in [1.54, 1.807) is 0 Å². The van der Waals surface area contributed by atoms with E-state index in [1.165, 1.54) is 238 Å². The molecular weight excluding hydrogens is 925 g/mol. The Labute approximate surface area is 467 Å². The first-order valence-corrected chi connectivity index (χ1v) is 33.1. The Morgan fingerprint density at radius 2 is 0.480 bits per heavy atom. The lowest BCUT2D eigenvalue weighted by molar-refractivity contribution is -0.167. The van der Waals surface area contributed by atoms with Crippen molar-refractivity contribution in [2.45, 2.75) is 361 Å². The molecule has 0 aromatic carbocycles. The van der Waals surface area contributed by atoms with Crippen LogP contribution in [0.15, 0.2) is 48.6 Å². The number of carbonyl (C=O) groups is 3. The molecule has 0 aromatic rings. The van der Waals surface area contributed by atoms with E-state index in [1.807, 2.05) is 0 Å². The summed E-state index contributed by atoms with van der Waals surface area (Å²) in [6, 6.07) is 0. The first-order valence-electron chi connectivity index (χ1n) is 33.1. The maximum absolute atomic E-state index is 12.9. The first kappa shape index (κ1) is 72.4. The van der Waals surface area contributed by atoms with Gasteiger partial charge in [0.15, 0.2) is 6.10 Å². The topological polar surface area (TPSA) is 78.9 Å². The van der Waals surface area contributed by atoms with Crippen molar-refractivity contribution in [3.8, 4) is 0 Å². The van der Waals surface area contributed by atoms with Crippen molar-refractivity contribution in [1.82, 2.24) is 0 Å². The Morgan fingerprint density at radius 1 is 0.267 bits per heavy atom. The lowest BCUT2D eigenvalue weighted by Gasteiger charge is -2.18. The Balaban J connectivity index is 4.30. The summed E-state index contributed by atoms with van der Waals surface area (Å²) in [6.07, 6.45) is 79.7. The second kappa shape index (κ2) is 63.9. The van der Waals surface area contributed by atoms with E-state index in [9.17, 15) is 14.4 Å². The van der Waals surface area contributed by atoms with Gasteiger partial charge >= 0.3 is 17.9 Å². The average molecular weight is 1050 g/mol. The maximum Gasteiger partial charge on any atom is 0.306 e. The van der Waals surface area contributed by atoms with Crippen LogP contribution in [0.3, 0.4) is 0 Å². The summed E-state index contributed by atoms with van der Waals surface area (Å²) >= 11 is 0. The van der Waals surface area contributed by atoms with Gasteiger partial charge in [-0.2, -0.15) is 0 Å². The van der Waals surface area contributed by atoms with Gasteiger partial charge in [-0.15, -0.1) is 0 Å². The van der Waals surface area contributed by atoms with Crippen molar-refractivity contribution >= 4 is 17.9 Å². The van der Waals surface area contributed by atoms with Crippen molar-refractivity contribution in [3.05, 3.63) is 48.6 Å². The predicted molar refractivity (Wildman–Crippen MR) is 325 cm³/mol. The van der Waals surface area contributed by atoms with Crippen LogP contribution >= 0.6 is 0 Å². The molecule has 438 valence electrons. The van der Waals surface area contributed by atoms with Crippen LogP contribution in [-0.4, -0.2) is 37.2 Å². The summed E-state index contributed by atoms with van der Waals surface area (Å²) in [5.74, 6) is -0.863. The van der Waals surface area contributed by atoms with Crippen LogP contribution < -0.4 is 0 Å². The number of hydrogen-bond donors (Lipinski definition) is 0. The summed E-state index contributed by atoms with van der Waals surface area (Å²) in [5.41, 5.74) is 0. The van der Waals surface area contributed by atoms with Crippen molar-refractivity contribution < 1.29 is 28.6 Å². The van der Waals surface area contributed by atoms with Gasteiger partial charge in [0.1, 0.15) is 13.2 Å². The lowest BCUT2D eigenvalue weighted by atomic mass is 10.0. The molecule has 0 radical (unpaired) electrons. The standard InChI is InChI=1S/C69H126O6/c1-4-7-10-13-16-19-22-25-28-30-31-32-33-34-35-36-37-39-41-44-47-50-53-56-59-62-68(71)74-65-66(64-73-67(70)61-58-55-52-49-46-43-40-27-24-21-18-15-12-9-6-3)75-69(72)63-60-57-54-51-48-45-42-38-29-26-23-20-17-14-11-8-5-2/h22,25,27,30-31,33-34,40,66H,4-21,23-24,26,28-29,32,35-39,41-65H2,1-3H3/b25-22-,31-30-,34-33-,40-27-. The lowest BCUT2D eigenvalue weighted by Crippen LogP contribution is -2.30. The van der Waals surface area contributed by atoms with E-state index in [0.717, 1.165) is 77.0 Å². The summed E-state index contributed by atoms with van der Waals surface area (Å²) < 4.78 is 17.0.